The van der Waals surface area contributed by atoms with Crippen LogP contribution in [0.25, 0.3) is 10.8 Å². The van der Waals surface area contributed by atoms with Gasteiger partial charge in [0.1, 0.15) is 5.75 Å². The zero-order valence-electron chi connectivity index (χ0n) is 17.4. The summed E-state index contributed by atoms with van der Waals surface area (Å²) in [6, 6.07) is 18.7. The van der Waals surface area contributed by atoms with Gasteiger partial charge in [0.25, 0.3) is 11.6 Å². The molecule has 1 saturated heterocycles. The van der Waals surface area contributed by atoms with Gasteiger partial charge in [0, 0.05) is 30.6 Å². The lowest BCUT2D eigenvalue weighted by Gasteiger charge is -2.25. The molecule has 0 saturated carbocycles. The lowest BCUT2D eigenvalue weighted by molar-refractivity contribution is -0.383. The number of nitrogens with zero attached hydrogens (tertiary/aromatic N) is 2. The summed E-state index contributed by atoms with van der Waals surface area (Å²) >= 11 is 0. The number of benzene rings is 3. The Morgan fingerprint density at radius 1 is 1.16 bits per heavy atom. The van der Waals surface area contributed by atoms with Gasteiger partial charge in [0.05, 0.1) is 23.0 Å². The Labute approximate surface area is 180 Å². The average molecular weight is 419 g/mol. The van der Waals surface area contributed by atoms with Crippen molar-refractivity contribution in [3.8, 4) is 5.75 Å². The molecule has 1 heterocycles. The van der Waals surface area contributed by atoms with Crippen molar-refractivity contribution < 1.29 is 14.5 Å². The van der Waals surface area contributed by atoms with E-state index in [1.165, 1.54) is 18.7 Å². The molecule has 31 heavy (non-hydrogen) atoms. The normalized spacial score (nSPS) is 16.4. The Balaban J connectivity index is 1.54. The van der Waals surface area contributed by atoms with E-state index in [1.54, 1.807) is 24.3 Å². The van der Waals surface area contributed by atoms with Crippen molar-refractivity contribution >= 4 is 22.4 Å². The summed E-state index contributed by atoms with van der Waals surface area (Å²) in [6.45, 7) is 2.31. The van der Waals surface area contributed by atoms with Crippen LogP contribution < -0.4 is 10.1 Å². The topological polar surface area (TPSA) is 84.7 Å². The van der Waals surface area contributed by atoms with Crippen molar-refractivity contribution in [2.45, 2.75) is 25.4 Å². The molecule has 0 bridgehead atoms. The number of nitrogens with one attached hydrogen (secondary N) is 1. The van der Waals surface area contributed by atoms with Gasteiger partial charge in [-0.3, -0.25) is 19.8 Å². The standard InChI is InChI=1S/C24H25N3O4/c1-31-23-20-12-6-5-11-19(20)22(27(29)30)14-21(23)24(28)25-15-18-10-7-13-26(18)16-17-8-3-2-4-9-17/h2-6,8-9,11-12,14,18H,7,10,13,15-16H2,1H3,(H,25,28). The fourth-order valence-electron chi connectivity index (χ4n) is 4.33. The molecule has 160 valence electrons. The van der Waals surface area contributed by atoms with Crippen molar-refractivity contribution in [2.75, 3.05) is 20.2 Å². The molecule has 1 aliphatic heterocycles. The molecule has 0 aliphatic carbocycles. The van der Waals surface area contributed by atoms with E-state index in [0.717, 1.165) is 25.9 Å². The molecule has 3 aromatic carbocycles. The molecule has 4 rings (SSSR count). The maximum Gasteiger partial charge on any atom is 0.278 e. The lowest BCUT2D eigenvalue weighted by Crippen LogP contribution is -2.39. The minimum absolute atomic E-state index is 0.104. The fraction of sp³-hybridized carbons (Fsp3) is 0.292. The second kappa shape index (κ2) is 9.14. The maximum absolute atomic E-state index is 13.0. The summed E-state index contributed by atoms with van der Waals surface area (Å²) in [7, 11) is 1.48. The summed E-state index contributed by atoms with van der Waals surface area (Å²) in [4.78, 5) is 26.5. The van der Waals surface area contributed by atoms with Crippen molar-refractivity contribution in [1.29, 1.82) is 0 Å². The minimum Gasteiger partial charge on any atom is -0.495 e. The van der Waals surface area contributed by atoms with Crippen LogP contribution in [0.4, 0.5) is 5.69 Å². The second-order valence-electron chi connectivity index (χ2n) is 7.74. The third-order valence-corrected chi connectivity index (χ3v) is 5.84. The van der Waals surface area contributed by atoms with Gasteiger partial charge in [0.2, 0.25) is 0 Å². The number of hydrogen-bond acceptors (Lipinski definition) is 5. The Morgan fingerprint density at radius 3 is 2.58 bits per heavy atom. The Hall–Kier alpha value is -3.45. The first-order chi connectivity index (χ1) is 15.1. The summed E-state index contributed by atoms with van der Waals surface area (Å²) in [5.41, 5.74) is 1.32. The van der Waals surface area contributed by atoms with E-state index in [4.69, 9.17) is 4.74 Å². The van der Waals surface area contributed by atoms with E-state index in [9.17, 15) is 14.9 Å². The van der Waals surface area contributed by atoms with Crippen molar-refractivity contribution in [3.63, 3.8) is 0 Å². The van der Waals surface area contributed by atoms with E-state index < -0.39 is 4.92 Å². The Kier molecular flexibility index (Phi) is 6.13. The molecule has 0 radical (unpaired) electrons. The van der Waals surface area contributed by atoms with Crippen LogP contribution in [0.2, 0.25) is 0 Å². The molecule has 1 fully saturated rings. The number of methoxy groups -OCH3 is 1. The molecule has 7 nitrogen and oxygen atoms in total. The zero-order valence-corrected chi connectivity index (χ0v) is 17.4. The van der Waals surface area contributed by atoms with E-state index in [-0.39, 0.29) is 23.2 Å². The third-order valence-electron chi connectivity index (χ3n) is 5.84. The minimum atomic E-state index is -0.461. The van der Waals surface area contributed by atoms with E-state index in [1.807, 2.05) is 18.2 Å². The van der Waals surface area contributed by atoms with E-state index in [2.05, 4.69) is 22.3 Å². The van der Waals surface area contributed by atoms with E-state index in [0.29, 0.717) is 23.1 Å². The highest BCUT2D eigenvalue weighted by atomic mass is 16.6. The van der Waals surface area contributed by atoms with Gasteiger partial charge < -0.3 is 10.1 Å². The molecule has 1 amide bonds. The quantitative estimate of drug-likeness (QED) is 0.459. The van der Waals surface area contributed by atoms with Crippen molar-refractivity contribution in [1.82, 2.24) is 10.2 Å². The number of non-ortho nitro benzene ring substituents is 1. The molecule has 1 atom stereocenters. The average Bonchev–Trinajstić information content (AvgIpc) is 3.23. The third kappa shape index (κ3) is 4.36. The number of nitro benzene ring substituents is 1. The van der Waals surface area contributed by atoms with Gasteiger partial charge in [-0.25, -0.2) is 0 Å². The van der Waals surface area contributed by atoms with Gasteiger partial charge in [-0.15, -0.1) is 0 Å². The van der Waals surface area contributed by atoms with Crippen molar-refractivity contribution in [2.24, 2.45) is 0 Å². The van der Waals surface area contributed by atoms with Gasteiger partial charge in [0.15, 0.2) is 0 Å². The number of carbonyl (C=O) groups is 1. The number of hydrogen-bond donors (Lipinski definition) is 1. The summed E-state index contributed by atoms with van der Waals surface area (Å²) in [5.74, 6) is -0.0106. The number of nitro groups is 1. The maximum atomic E-state index is 13.0. The fourth-order valence-corrected chi connectivity index (χ4v) is 4.33. The van der Waals surface area contributed by atoms with Gasteiger partial charge in [-0.05, 0) is 31.0 Å². The number of carbonyl (C=O) groups excluding carboxylic acids is 1. The van der Waals surface area contributed by atoms with Crippen LogP contribution in [0.3, 0.4) is 0 Å². The molecule has 1 aliphatic rings. The van der Waals surface area contributed by atoms with Gasteiger partial charge in [-0.2, -0.15) is 0 Å². The molecule has 1 unspecified atom stereocenters. The zero-order chi connectivity index (χ0) is 21.8. The number of ether oxygens (including phenoxy) is 1. The summed E-state index contributed by atoms with van der Waals surface area (Å²) in [5, 5.41) is 15.6. The van der Waals surface area contributed by atoms with Crippen LogP contribution in [-0.2, 0) is 6.54 Å². The highest BCUT2D eigenvalue weighted by Crippen LogP contribution is 2.36. The largest absolute Gasteiger partial charge is 0.495 e. The number of likely N-dealkylation sites (tertiary alicyclic amines) is 1. The van der Waals surface area contributed by atoms with E-state index >= 15 is 0 Å². The Morgan fingerprint density at radius 2 is 1.87 bits per heavy atom. The van der Waals surface area contributed by atoms with Gasteiger partial charge in [-0.1, -0.05) is 48.5 Å². The summed E-state index contributed by atoms with van der Waals surface area (Å²) in [6.07, 6.45) is 2.08. The lowest BCUT2D eigenvalue weighted by atomic mass is 10.0. The predicted molar refractivity (Wildman–Crippen MR) is 119 cm³/mol. The van der Waals surface area contributed by atoms with Crippen LogP contribution in [0, 0.1) is 10.1 Å². The number of rotatable bonds is 7. The molecule has 7 heteroatoms. The Bertz CT molecular complexity index is 1100. The SMILES string of the molecule is COc1c(C(=O)NCC2CCCN2Cc2ccccc2)cc([N+](=O)[O-])c2ccccc12. The highest BCUT2D eigenvalue weighted by molar-refractivity contribution is 6.07. The molecular formula is C24H25N3O4. The first-order valence-corrected chi connectivity index (χ1v) is 10.4. The number of fused-ring (bicyclic) bond motifs is 1. The van der Waals surface area contributed by atoms with Crippen LogP contribution in [0.1, 0.15) is 28.8 Å². The van der Waals surface area contributed by atoms with Crippen LogP contribution >= 0.6 is 0 Å². The smallest absolute Gasteiger partial charge is 0.278 e. The molecule has 1 N–H and O–H groups in total. The first-order valence-electron chi connectivity index (χ1n) is 10.4. The van der Waals surface area contributed by atoms with Crippen LogP contribution in [0.5, 0.6) is 5.75 Å². The first kappa shape index (κ1) is 20.8. The predicted octanol–water partition coefficient (Wildman–Crippen LogP) is 4.15. The molecular weight excluding hydrogens is 394 g/mol. The molecule has 3 aromatic rings. The van der Waals surface area contributed by atoms with Gasteiger partial charge >= 0.3 is 0 Å². The molecule has 0 spiro atoms. The molecule has 0 aromatic heterocycles. The summed E-state index contributed by atoms with van der Waals surface area (Å²) < 4.78 is 5.49. The monoisotopic (exact) mass is 419 g/mol. The van der Waals surface area contributed by atoms with Crippen molar-refractivity contribution in [3.05, 3.63) is 81.9 Å². The second-order valence-corrected chi connectivity index (χ2v) is 7.74. The highest BCUT2D eigenvalue weighted by Gasteiger charge is 2.27. The van der Waals surface area contributed by atoms with Crippen LogP contribution in [0.15, 0.2) is 60.7 Å². The number of amides is 1. The van der Waals surface area contributed by atoms with Crippen LogP contribution in [-0.4, -0.2) is 42.0 Å².